The predicted octanol–water partition coefficient (Wildman–Crippen LogP) is 1.40. The monoisotopic (exact) mass is 329 g/mol. The van der Waals surface area contributed by atoms with E-state index in [1.807, 2.05) is 12.1 Å². The van der Waals surface area contributed by atoms with E-state index in [-0.39, 0.29) is 11.9 Å². The number of carbonyl (C=O) groups is 1. The standard InChI is InChI=1S/C17H20FN5O/c18-13-7-5-12(6-8-13)16(17(19)24)21-14-3-2-10-23(11-14)15-4-1-9-20-22-15/h1,4-9,14,16,21H,2-3,10-11H2,(H2,19,24)/t14-,16+/m0/s1. The molecule has 126 valence electrons. The summed E-state index contributed by atoms with van der Waals surface area (Å²) in [7, 11) is 0. The maximum atomic E-state index is 13.1. The third-order valence-corrected chi connectivity index (χ3v) is 4.19. The van der Waals surface area contributed by atoms with Crippen molar-refractivity contribution in [2.75, 3.05) is 18.0 Å². The summed E-state index contributed by atoms with van der Waals surface area (Å²) in [6.07, 6.45) is 3.55. The number of hydrogen-bond acceptors (Lipinski definition) is 5. The molecule has 2 heterocycles. The average molecular weight is 329 g/mol. The molecule has 0 spiro atoms. The molecule has 1 aromatic carbocycles. The lowest BCUT2D eigenvalue weighted by molar-refractivity contribution is -0.120. The molecule has 1 aliphatic rings. The highest BCUT2D eigenvalue weighted by Crippen LogP contribution is 2.20. The lowest BCUT2D eigenvalue weighted by atomic mass is 10.0. The van der Waals surface area contributed by atoms with Crippen molar-refractivity contribution in [2.45, 2.75) is 24.9 Å². The second-order valence-corrected chi connectivity index (χ2v) is 5.92. The van der Waals surface area contributed by atoms with Gasteiger partial charge in [-0.15, -0.1) is 5.10 Å². The van der Waals surface area contributed by atoms with Gasteiger partial charge in [-0.05, 0) is 42.7 Å². The summed E-state index contributed by atoms with van der Waals surface area (Å²) >= 11 is 0. The molecule has 2 atom stereocenters. The topological polar surface area (TPSA) is 84.1 Å². The fraction of sp³-hybridized carbons (Fsp3) is 0.353. The number of halogens is 1. The van der Waals surface area contributed by atoms with Gasteiger partial charge in [0.2, 0.25) is 5.91 Å². The fourth-order valence-electron chi connectivity index (χ4n) is 3.02. The Balaban J connectivity index is 1.70. The molecule has 3 N–H and O–H groups in total. The Morgan fingerprint density at radius 3 is 2.79 bits per heavy atom. The van der Waals surface area contributed by atoms with E-state index in [9.17, 15) is 9.18 Å². The second-order valence-electron chi connectivity index (χ2n) is 5.92. The smallest absolute Gasteiger partial charge is 0.239 e. The Labute approximate surface area is 139 Å². The Hall–Kier alpha value is -2.54. The molecule has 1 aromatic heterocycles. The highest BCUT2D eigenvalue weighted by Gasteiger charge is 2.26. The molecule has 0 saturated carbocycles. The number of benzene rings is 1. The van der Waals surface area contributed by atoms with Crippen LogP contribution in [0.4, 0.5) is 10.2 Å². The minimum atomic E-state index is -0.641. The Morgan fingerprint density at radius 1 is 1.33 bits per heavy atom. The van der Waals surface area contributed by atoms with Crippen molar-refractivity contribution in [2.24, 2.45) is 5.73 Å². The van der Waals surface area contributed by atoms with Crippen LogP contribution in [0.2, 0.25) is 0 Å². The first-order valence-electron chi connectivity index (χ1n) is 7.97. The summed E-state index contributed by atoms with van der Waals surface area (Å²) in [6.45, 7) is 1.61. The van der Waals surface area contributed by atoms with E-state index in [0.29, 0.717) is 12.1 Å². The molecule has 0 bridgehead atoms. The summed E-state index contributed by atoms with van der Waals surface area (Å²) in [6, 6.07) is 9.05. The molecular formula is C17H20FN5O. The molecule has 6 nitrogen and oxygen atoms in total. The van der Waals surface area contributed by atoms with E-state index in [1.165, 1.54) is 12.1 Å². The SMILES string of the molecule is NC(=O)[C@H](N[C@H]1CCCN(c2cccnn2)C1)c1ccc(F)cc1. The predicted molar refractivity (Wildman–Crippen MR) is 88.7 cm³/mol. The number of nitrogens with zero attached hydrogens (tertiary/aromatic N) is 3. The number of hydrogen-bond donors (Lipinski definition) is 2. The van der Waals surface area contributed by atoms with E-state index < -0.39 is 11.9 Å². The number of nitrogens with one attached hydrogen (secondary N) is 1. The van der Waals surface area contributed by atoms with E-state index in [2.05, 4.69) is 20.4 Å². The van der Waals surface area contributed by atoms with Crippen molar-refractivity contribution in [1.29, 1.82) is 0 Å². The van der Waals surface area contributed by atoms with Gasteiger partial charge in [-0.25, -0.2) is 4.39 Å². The molecular weight excluding hydrogens is 309 g/mol. The first-order chi connectivity index (χ1) is 11.6. The van der Waals surface area contributed by atoms with Crippen molar-refractivity contribution in [3.05, 3.63) is 54.0 Å². The number of rotatable bonds is 5. The number of primary amides is 1. The molecule has 1 amide bonds. The van der Waals surface area contributed by atoms with Gasteiger partial charge in [0.1, 0.15) is 11.9 Å². The van der Waals surface area contributed by atoms with Crippen LogP contribution < -0.4 is 16.0 Å². The fourth-order valence-corrected chi connectivity index (χ4v) is 3.02. The lowest BCUT2D eigenvalue weighted by Crippen LogP contribution is -2.49. The summed E-state index contributed by atoms with van der Waals surface area (Å²) in [5, 5.41) is 11.3. The van der Waals surface area contributed by atoms with Gasteiger partial charge in [-0.1, -0.05) is 12.1 Å². The van der Waals surface area contributed by atoms with Crippen molar-refractivity contribution < 1.29 is 9.18 Å². The van der Waals surface area contributed by atoms with Crippen LogP contribution in [0.25, 0.3) is 0 Å². The molecule has 1 fully saturated rings. The van der Waals surface area contributed by atoms with Gasteiger partial charge >= 0.3 is 0 Å². The van der Waals surface area contributed by atoms with Crippen LogP contribution in [0.5, 0.6) is 0 Å². The van der Waals surface area contributed by atoms with Crippen LogP contribution in [0, 0.1) is 5.82 Å². The van der Waals surface area contributed by atoms with Gasteiger partial charge in [0.05, 0.1) is 0 Å². The van der Waals surface area contributed by atoms with E-state index in [0.717, 1.165) is 25.2 Å². The van der Waals surface area contributed by atoms with Crippen LogP contribution in [0.3, 0.4) is 0 Å². The third-order valence-electron chi connectivity index (χ3n) is 4.19. The number of carbonyl (C=O) groups excluding carboxylic acids is 1. The number of nitrogens with two attached hydrogens (primary N) is 1. The quantitative estimate of drug-likeness (QED) is 0.866. The zero-order chi connectivity index (χ0) is 16.9. The highest BCUT2D eigenvalue weighted by molar-refractivity contribution is 5.81. The molecule has 1 saturated heterocycles. The first kappa shape index (κ1) is 16.3. The van der Waals surface area contributed by atoms with E-state index in [4.69, 9.17) is 5.73 Å². The third kappa shape index (κ3) is 3.86. The Kier molecular flexibility index (Phi) is 5.00. The van der Waals surface area contributed by atoms with Crippen LogP contribution in [-0.2, 0) is 4.79 Å². The zero-order valence-electron chi connectivity index (χ0n) is 13.2. The zero-order valence-corrected chi connectivity index (χ0v) is 13.2. The Morgan fingerprint density at radius 2 is 2.12 bits per heavy atom. The minimum Gasteiger partial charge on any atom is -0.368 e. The van der Waals surface area contributed by atoms with Gasteiger partial charge in [-0.3, -0.25) is 10.1 Å². The normalized spacial score (nSPS) is 19.0. The maximum Gasteiger partial charge on any atom is 0.239 e. The van der Waals surface area contributed by atoms with Gasteiger partial charge in [0.25, 0.3) is 0 Å². The number of amides is 1. The van der Waals surface area contributed by atoms with Crippen molar-refractivity contribution in [3.63, 3.8) is 0 Å². The van der Waals surface area contributed by atoms with E-state index >= 15 is 0 Å². The van der Waals surface area contributed by atoms with Crippen LogP contribution >= 0.6 is 0 Å². The summed E-state index contributed by atoms with van der Waals surface area (Å²) in [5.74, 6) is 0.00751. The van der Waals surface area contributed by atoms with Crippen molar-refractivity contribution in [3.8, 4) is 0 Å². The van der Waals surface area contributed by atoms with Gasteiger partial charge in [0, 0.05) is 25.3 Å². The molecule has 1 aliphatic heterocycles. The van der Waals surface area contributed by atoms with Crippen LogP contribution in [0.15, 0.2) is 42.6 Å². The van der Waals surface area contributed by atoms with Crippen LogP contribution in [-0.4, -0.2) is 35.2 Å². The molecule has 0 radical (unpaired) electrons. The molecule has 0 unspecified atom stereocenters. The summed E-state index contributed by atoms with van der Waals surface area (Å²) < 4.78 is 13.1. The second kappa shape index (κ2) is 7.35. The number of aromatic nitrogens is 2. The van der Waals surface area contributed by atoms with E-state index in [1.54, 1.807) is 18.3 Å². The molecule has 24 heavy (non-hydrogen) atoms. The first-order valence-corrected chi connectivity index (χ1v) is 7.97. The maximum absolute atomic E-state index is 13.1. The van der Waals surface area contributed by atoms with Gasteiger partial charge < -0.3 is 10.6 Å². The summed E-state index contributed by atoms with van der Waals surface area (Å²) in [5.41, 5.74) is 6.21. The lowest BCUT2D eigenvalue weighted by Gasteiger charge is -2.35. The van der Waals surface area contributed by atoms with Gasteiger partial charge in [-0.2, -0.15) is 5.10 Å². The van der Waals surface area contributed by atoms with Gasteiger partial charge in [0.15, 0.2) is 5.82 Å². The van der Waals surface area contributed by atoms with Crippen molar-refractivity contribution in [1.82, 2.24) is 15.5 Å². The highest BCUT2D eigenvalue weighted by atomic mass is 19.1. The van der Waals surface area contributed by atoms with Crippen molar-refractivity contribution >= 4 is 11.7 Å². The Bertz CT molecular complexity index is 679. The largest absolute Gasteiger partial charge is 0.368 e. The number of piperidine rings is 1. The molecule has 2 aromatic rings. The molecule has 3 rings (SSSR count). The van der Waals surface area contributed by atoms with Crippen LogP contribution in [0.1, 0.15) is 24.4 Å². The molecule has 0 aliphatic carbocycles. The average Bonchev–Trinajstić information content (AvgIpc) is 2.61. The number of anilines is 1. The molecule has 7 heteroatoms. The summed E-state index contributed by atoms with van der Waals surface area (Å²) in [4.78, 5) is 14.0. The minimum absolute atomic E-state index is 0.0864.